The summed E-state index contributed by atoms with van der Waals surface area (Å²) >= 11 is 0. The highest BCUT2D eigenvalue weighted by molar-refractivity contribution is 5.08. The molecule has 5 heteroatoms. The summed E-state index contributed by atoms with van der Waals surface area (Å²) in [5.74, 6) is 0.683. The number of hydrogen-bond donors (Lipinski definition) is 1. The molecule has 0 aliphatic heterocycles. The van der Waals surface area contributed by atoms with E-state index < -0.39 is 6.10 Å². The van der Waals surface area contributed by atoms with Gasteiger partial charge in [-0.2, -0.15) is 5.10 Å². The SMILES string of the molecule is Cc1nccc(C(O)CCc2cnn(C)c2)n1. The molecule has 2 rings (SSSR count). The zero-order valence-electron chi connectivity index (χ0n) is 10.0. The first kappa shape index (κ1) is 11.7. The molecular weight excluding hydrogens is 216 g/mol. The van der Waals surface area contributed by atoms with Crippen molar-refractivity contribution in [2.75, 3.05) is 0 Å². The first-order valence-corrected chi connectivity index (χ1v) is 5.60. The zero-order valence-corrected chi connectivity index (χ0v) is 10.0. The lowest BCUT2D eigenvalue weighted by molar-refractivity contribution is 0.162. The average Bonchev–Trinajstić information content (AvgIpc) is 2.72. The molecule has 0 aliphatic carbocycles. The third-order valence-corrected chi connectivity index (χ3v) is 2.60. The summed E-state index contributed by atoms with van der Waals surface area (Å²) in [6.07, 6.45) is 6.33. The van der Waals surface area contributed by atoms with Crippen LogP contribution in [-0.4, -0.2) is 24.9 Å². The second-order valence-corrected chi connectivity index (χ2v) is 4.11. The topological polar surface area (TPSA) is 63.8 Å². The first-order chi connectivity index (χ1) is 8.15. The van der Waals surface area contributed by atoms with Crippen LogP contribution in [0.4, 0.5) is 0 Å². The summed E-state index contributed by atoms with van der Waals surface area (Å²) in [5.41, 5.74) is 1.80. The van der Waals surface area contributed by atoms with Crippen molar-refractivity contribution in [1.29, 1.82) is 0 Å². The highest BCUT2D eigenvalue weighted by atomic mass is 16.3. The van der Waals surface area contributed by atoms with Crippen LogP contribution in [0, 0.1) is 6.92 Å². The predicted octanol–water partition coefficient (Wildman–Crippen LogP) is 1.18. The molecule has 5 nitrogen and oxygen atoms in total. The third kappa shape index (κ3) is 3.10. The van der Waals surface area contributed by atoms with E-state index in [2.05, 4.69) is 15.1 Å². The third-order valence-electron chi connectivity index (χ3n) is 2.60. The number of aromatic nitrogens is 4. The van der Waals surface area contributed by atoms with Crippen LogP contribution in [0.5, 0.6) is 0 Å². The van der Waals surface area contributed by atoms with Crippen LogP contribution in [0.15, 0.2) is 24.7 Å². The molecule has 0 bridgehead atoms. The average molecular weight is 232 g/mol. The van der Waals surface area contributed by atoms with E-state index in [0.29, 0.717) is 17.9 Å². The molecule has 2 heterocycles. The van der Waals surface area contributed by atoms with Gasteiger partial charge in [0.2, 0.25) is 0 Å². The minimum atomic E-state index is -0.545. The van der Waals surface area contributed by atoms with Crippen LogP contribution < -0.4 is 0 Å². The fraction of sp³-hybridized carbons (Fsp3) is 0.417. The van der Waals surface area contributed by atoms with Gasteiger partial charge in [-0.25, -0.2) is 9.97 Å². The second-order valence-electron chi connectivity index (χ2n) is 4.11. The number of aliphatic hydroxyl groups is 1. The molecule has 0 saturated heterocycles. The molecular formula is C12H16N4O. The van der Waals surface area contributed by atoms with E-state index in [0.717, 1.165) is 12.0 Å². The minimum absolute atomic E-state index is 0.545. The van der Waals surface area contributed by atoms with Crippen molar-refractivity contribution in [2.24, 2.45) is 7.05 Å². The fourth-order valence-electron chi connectivity index (χ4n) is 1.71. The van der Waals surface area contributed by atoms with E-state index in [-0.39, 0.29) is 0 Å². The Kier molecular flexibility index (Phi) is 3.49. The Hall–Kier alpha value is -1.75. The largest absolute Gasteiger partial charge is 0.387 e. The van der Waals surface area contributed by atoms with Gasteiger partial charge in [0, 0.05) is 19.4 Å². The predicted molar refractivity (Wildman–Crippen MR) is 63.3 cm³/mol. The molecule has 17 heavy (non-hydrogen) atoms. The Balaban J connectivity index is 1.95. The molecule has 0 aromatic carbocycles. The quantitative estimate of drug-likeness (QED) is 0.860. The smallest absolute Gasteiger partial charge is 0.125 e. The molecule has 0 aliphatic rings. The molecule has 2 aromatic rings. The van der Waals surface area contributed by atoms with Gasteiger partial charge in [0.1, 0.15) is 5.82 Å². The molecule has 0 spiro atoms. The van der Waals surface area contributed by atoms with Crippen molar-refractivity contribution < 1.29 is 5.11 Å². The maximum atomic E-state index is 10.00. The zero-order chi connectivity index (χ0) is 12.3. The number of aryl methyl sites for hydroxylation is 3. The van der Waals surface area contributed by atoms with Crippen molar-refractivity contribution >= 4 is 0 Å². The second kappa shape index (κ2) is 5.05. The van der Waals surface area contributed by atoms with Crippen LogP contribution in [-0.2, 0) is 13.5 Å². The summed E-state index contributed by atoms with van der Waals surface area (Å²) in [6.45, 7) is 1.82. The Morgan fingerprint density at radius 3 is 2.94 bits per heavy atom. The van der Waals surface area contributed by atoms with E-state index in [1.165, 1.54) is 0 Å². The molecule has 0 saturated carbocycles. The van der Waals surface area contributed by atoms with Crippen LogP contribution in [0.3, 0.4) is 0 Å². The maximum Gasteiger partial charge on any atom is 0.125 e. The number of nitrogens with zero attached hydrogens (tertiary/aromatic N) is 4. The van der Waals surface area contributed by atoms with Gasteiger partial charge in [0.05, 0.1) is 18.0 Å². The number of aliphatic hydroxyl groups excluding tert-OH is 1. The fourth-order valence-corrected chi connectivity index (χ4v) is 1.71. The first-order valence-electron chi connectivity index (χ1n) is 5.60. The summed E-state index contributed by atoms with van der Waals surface area (Å²) in [6, 6.07) is 1.75. The van der Waals surface area contributed by atoms with Gasteiger partial charge in [-0.15, -0.1) is 0 Å². The molecule has 0 amide bonds. The van der Waals surface area contributed by atoms with Crippen LogP contribution in [0.25, 0.3) is 0 Å². The molecule has 0 radical (unpaired) electrons. The molecule has 2 aromatic heterocycles. The maximum absolute atomic E-state index is 10.00. The molecule has 1 unspecified atom stereocenters. The normalized spacial score (nSPS) is 12.6. The van der Waals surface area contributed by atoms with Crippen molar-refractivity contribution in [1.82, 2.24) is 19.7 Å². The molecule has 1 atom stereocenters. The Labute approximate surface area is 100 Å². The van der Waals surface area contributed by atoms with Crippen LogP contribution in [0.2, 0.25) is 0 Å². The van der Waals surface area contributed by atoms with Gasteiger partial charge in [0.15, 0.2) is 0 Å². The van der Waals surface area contributed by atoms with Gasteiger partial charge in [-0.3, -0.25) is 4.68 Å². The van der Waals surface area contributed by atoms with Gasteiger partial charge in [-0.05, 0) is 31.4 Å². The summed E-state index contributed by atoms with van der Waals surface area (Å²) in [7, 11) is 1.88. The lowest BCUT2D eigenvalue weighted by atomic mass is 10.1. The Bertz CT molecular complexity index is 495. The van der Waals surface area contributed by atoms with E-state index >= 15 is 0 Å². The highest BCUT2D eigenvalue weighted by Crippen LogP contribution is 2.16. The van der Waals surface area contributed by atoms with Crippen LogP contribution in [0.1, 0.15) is 29.6 Å². The van der Waals surface area contributed by atoms with E-state index in [1.807, 2.05) is 26.4 Å². The summed E-state index contributed by atoms with van der Waals surface area (Å²) in [5, 5.41) is 14.1. The van der Waals surface area contributed by atoms with Gasteiger partial charge in [0.25, 0.3) is 0 Å². The van der Waals surface area contributed by atoms with Crippen molar-refractivity contribution in [2.45, 2.75) is 25.9 Å². The van der Waals surface area contributed by atoms with Crippen molar-refractivity contribution in [3.63, 3.8) is 0 Å². The Morgan fingerprint density at radius 2 is 2.29 bits per heavy atom. The van der Waals surface area contributed by atoms with Gasteiger partial charge < -0.3 is 5.11 Å². The molecule has 0 fully saturated rings. The van der Waals surface area contributed by atoms with Gasteiger partial charge in [-0.1, -0.05) is 0 Å². The van der Waals surface area contributed by atoms with E-state index in [1.54, 1.807) is 16.9 Å². The van der Waals surface area contributed by atoms with E-state index in [4.69, 9.17) is 0 Å². The van der Waals surface area contributed by atoms with Crippen molar-refractivity contribution in [3.8, 4) is 0 Å². The molecule has 1 N–H and O–H groups in total. The van der Waals surface area contributed by atoms with Crippen molar-refractivity contribution in [3.05, 3.63) is 41.7 Å². The summed E-state index contributed by atoms with van der Waals surface area (Å²) < 4.78 is 1.76. The highest BCUT2D eigenvalue weighted by Gasteiger charge is 2.10. The minimum Gasteiger partial charge on any atom is -0.387 e. The number of hydrogen-bond acceptors (Lipinski definition) is 4. The van der Waals surface area contributed by atoms with Crippen LogP contribution >= 0.6 is 0 Å². The summed E-state index contributed by atoms with van der Waals surface area (Å²) in [4.78, 5) is 8.22. The lowest BCUT2D eigenvalue weighted by Gasteiger charge is -2.09. The lowest BCUT2D eigenvalue weighted by Crippen LogP contribution is -2.03. The molecule has 90 valence electrons. The standard InChI is InChI=1S/C12H16N4O/c1-9-13-6-5-11(15-9)12(17)4-3-10-7-14-16(2)8-10/h5-8,12,17H,3-4H2,1-2H3. The number of rotatable bonds is 4. The van der Waals surface area contributed by atoms with E-state index in [9.17, 15) is 5.11 Å². The van der Waals surface area contributed by atoms with Gasteiger partial charge >= 0.3 is 0 Å². The monoisotopic (exact) mass is 232 g/mol. The Morgan fingerprint density at radius 1 is 1.47 bits per heavy atom.